The summed E-state index contributed by atoms with van der Waals surface area (Å²) >= 11 is 1.43. The molecular weight excluding hydrogens is 449 g/mol. The van der Waals surface area contributed by atoms with Crippen LogP contribution in [0.25, 0.3) is 16.6 Å². The first kappa shape index (κ1) is 22.3. The van der Waals surface area contributed by atoms with Crippen molar-refractivity contribution in [3.63, 3.8) is 0 Å². The van der Waals surface area contributed by atoms with Crippen LogP contribution in [0.4, 0.5) is 4.39 Å². The molecule has 0 atom stereocenters. The van der Waals surface area contributed by atoms with E-state index in [0.29, 0.717) is 33.1 Å². The number of piperidine rings is 1. The Hall–Kier alpha value is -3.45. The van der Waals surface area contributed by atoms with Gasteiger partial charge >= 0.3 is 0 Å². The third kappa shape index (κ3) is 4.61. The molecule has 0 N–H and O–H groups in total. The molecular formula is C27H24FN3O2S. The molecule has 1 aliphatic rings. The van der Waals surface area contributed by atoms with Crippen LogP contribution in [0, 0.1) is 5.82 Å². The molecule has 4 aromatic rings. The summed E-state index contributed by atoms with van der Waals surface area (Å²) in [6, 6.07) is 20.8. The summed E-state index contributed by atoms with van der Waals surface area (Å²) in [5.74, 6) is 0.223. The zero-order chi connectivity index (χ0) is 23.5. The van der Waals surface area contributed by atoms with E-state index in [1.54, 1.807) is 30.3 Å². The van der Waals surface area contributed by atoms with E-state index in [0.717, 1.165) is 37.9 Å². The van der Waals surface area contributed by atoms with Crippen molar-refractivity contribution in [2.24, 2.45) is 0 Å². The van der Waals surface area contributed by atoms with Crippen LogP contribution in [0.15, 0.2) is 82.7 Å². The van der Waals surface area contributed by atoms with Gasteiger partial charge in [0.25, 0.3) is 11.5 Å². The van der Waals surface area contributed by atoms with E-state index < -0.39 is 0 Å². The van der Waals surface area contributed by atoms with Gasteiger partial charge in [-0.25, -0.2) is 9.37 Å². The lowest BCUT2D eigenvalue weighted by Gasteiger charge is -2.26. The van der Waals surface area contributed by atoms with Crippen molar-refractivity contribution in [3.05, 3.63) is 100 Å². The molecule has 5 rings (SSSR count). The second kappa shape index (κ2) is 9.81. The van der Waals surface area contributed by atoms with Crippen molar-refractivity contribution in [2.45, 2.75) is 30.2 Å². The molecule has 0 radical (unpaired) electrons. The number of likely N-dealkylation sites (tertiary alicyclic amines) is 1. The quantitative estimate of drug-likeness (QED) is 0.286. The smallest absolute Gasteiger partial charge is 0.266 e. The Bertz CT molecular complexity index is 1380. The zero-order valence-corrected chi connectivity index (χ0v) is 19.4. The normalized spacial score (nSPS) is 13.9. The van der Waals surface area contributed by atoms with E-state index in [4.69, 9.17) is 4.98 Å². The number of amides is 1. The van der Waals surface area contributed by atoms with Gasteiger partial charge in [0.15, 0.2) is 5.16 Å². The molecule has 0 unspecified atom stereocenters. The number of fused-ring (bicyclic) bond motifs is 1. The van der Waals surface area contributed by atoms with Crippen LogP contribution in [0.5, 0.6) is 0 Å². The number of aromatic nitrogens is 2. The van der Waals surface area contributed by atoms with Gasteiger partial charge in [-0.05, 0) is 67.3 Å². The third-order valence-corrected chi connectivity index (χ3v) is 7.03. The van der Waals surface area contributed by atoms with Crippen molar-refractivity contribution in [1.29, 1.82) is 0 Å². The molecule has 0 spiro atoms. The lowest BCUT2D eigenvalue weighted by atomic mass is 10.1. The molecule has 0 bridgehead atoms. The minimum absolute atomic E-state index is 0.0235. The summed E-state index contributed by atoms with van der Waals surface area (Å²) in [5.41, 5.74) is 2.43. The van der Waals surface area contributed by atoms with Gasteiger partial charge in [-0.15, -0.1) is 0 Å². The molecule has 7 heteroatoms. The van der Waals surface area contributed by atoms with E-state index in [-0.39, 0.29) is 17.3 Å². The molecule has 1 aliphatic heterocycles. The largest absolute Gasteiger partial charge is 0.339 e. The molecule has 1 saturated heterocycles. The fraction of sp³-hybridized carbons (Fsp3) is 0.222. The molecule has 3 aromatic carbocycles. The molecule has 34 heavy (non-hydrogen) atoms. The zero-order valence-electron chi connectivity index (χ0n) is 18.6. The molecule has 0 aliphatic carbocycles. The highest BCUT2D eigenvalue weighted by Crippen LogP contribution is 2.25. The Morgan fingerprint density at radius 2 is 1.68 bits per heavy atom. The van der Waals surface area contributed by atoms with Gasteiger partial charge in [-0.1, -0.05) is 42.1 Å². The van der Waals surface area contributed by atoms with Gasteiger partial charge in [0, 0.05) is 24.4 Å². The number of benzene rings is 3. The Morgan fingerprint density at radius 3 is 2.41 bits per heavy atom. The second-order valence-corrected chi connectivity index (χ2v) is 9.31. The van der Waals surface area contributed by atoms with Crippen LogP contribution < -0.4 is 5.56 Å². The summed E-state index contributed by atoms with van der Waals surface area (Å²) in [4.78, 5) is 33.2. The SMILES string of the molecule is O=C(c1ccc2c(=O)n(-c3ccc(F)cc3)c(SCc3ccccc3)nc2c1)N1CCCCC1. The molecule has 1 amide bonds. The summed E-state index contributed by atoms with van der Waals surface area (Å²) < 4.78 is 15.1. The first-order valence-corrected chi connectivity index (χ1v) is 12.4. The van der Waals surface area contributed by atoms with Crippen LogP contribution in [0.1, 0.15) is 35.2 Å². The van der Waals surface area contributed by atoms with Crippen molar-refractivity contribution in [2.75, 3.05) is 13.1 Å². The van der Waals surface area contributed by atoms with Gasteiger partial charge < -0.3 is 4.90 Å². The lowest BCUT2D eigenvalue weighted by molar-refractivity contribution is 0.0724. The Kier molecular flexibility index (Phi) is 6.45. The predicted molar refractivity (Wildman–Crippen MR) is 133 cm³/mol. The fourth-order valence-corrected chi connectivity index (χ4v) is 5.18. The summed E-state index contributed by atoms with van der Waals surface area (Å²) in [6.07, 6.45) is 3.18. The monoisotopic (exact) mass is 473 g/mol. The number of nitrogens with zero attached hydrogens (tertiary/aromatic N) is 3. The summed E-state index contributed by atoms with van der Waals surface area (Å²) in [6.45, 7) is 1.52. The van der Waals surface area contributed by atoms with E-state index >= 15 is 0 Å². The van der Waals surface area contributed by atoms with Crippen molar-refractivity contribution < 1.29 is 9.18 Å². The topological polar surface area (TPSA) is 55.2 Å². The predicted octanol–water partition coefficient (Wildman–Crippen LogP) is 5.44. The maximum Gasteiger partial charge on any atom is 0.266 e. The van der Waals surface area contributed by atoms with E-state index in [9.17, 15) is 14.0 Å². The highest BCUT2D eigenvalue weighted by molar-refractivity contribution is 7.98. The number of hydrogen-bond donors (Lipinski definition) is 0. The van der Waals surface area contributed by atoms with E-state index in [1.807, 2.05) is 35.2 Å². The number of thioether (sulfide) groups is 1. The first-order valence-electron chi connectivity index (χ1n) is 11.4. The third-order valence-electron chi connectivity index (χ3n) is 6.02. The number of hydrogen-bond acceptors (Lipinski definition) is 4. The number of carbonyl (C=O) groups is 1. The summed E-state index contributed by atoms with van der Waals surface area (Å²) in [5, 5.41) is 0.916. The average molecular weight is 474 g/mol. The van der Waals surface area contributed by atoms with Crippen LogP contribution in [0.3, 0.4) is 0 Å². The number of carbonyl (C=O) groups excluding carboxylic acids is 1. The standard InChI is InChI=1S/C27H24FN3O2S/c28-21-10-12-22(13-11-21)31-26(33)23-14-9-20(25(32)30-15-5-2-6-16-30)17-24(23)29-27(31)34-18-19-7-3-1-4-8-19/h1,3-4,7-14,17H,2,5-6,15-16,18H2. The van der Waals surface area contributed by atoms with E-state index in [1.165, 1.54) is 28.5 Å². The van der Waals surface area contributed by atoms with Gasteiger partial charge in [-0.3, -0.25) is 14.2 Å². The first-order chi connectivity index (χ1) is 16.6. The van der Waals surface area contributed by atoms with Crippen LogP contribution >= 0.6 is 11.8 Å². The van der Waals surface area contributed by atoms with E-state index in [2.05, 4.69) is 0 Å². The molecule has 172 valence electrons. The number of rotatable bonds is 5. The summed E-state index contributed by atoms with van der Waals surface area (Å²) in [7, 11) is 0. The average Bonchev–Trinajstić information content (AvgIpc) is 2.88. The second-order valence-electron chi connectivity index (χ2n) is 8.37. The van der Waals surface area contributed by atoms with Crippen molar-refractivity contribution >= 4 is 28.6 Å². The fourth-order valence-electron chi connectivity index (χ4n) is 4.21. The minimum Gasteiger partial charge on any atom is -0.339 e. The minimum atomic E-state index is -0.370. The Morgan fingerprint density at radius 1 is 0.941 bits per heavy atom. The molecule has 1 fully saturated rings. The molecule has 5 nitrogen and oxygen atoms in total. The number of halogens is 1. The van der Waals surface area contributed by atoms with Gasteiger partial charge in [0.1, 0.15) is 5.82 Å². The molecule has 0 saturated carbocycles. The van der Waals surface area contributed by atoms with Crippen LogP contribution in [0.2, 0.25) is 0 Å². The maximum atomic E-state index is 13.6. The maximum absolute atomic E-state index is 13.6. The molecule has 1 aromatic heterocycles. The Balaban J connectivity index is 1.58. The van der Waals surface area contributed by atoms with Crippen molar-refractivity contribution in [1.82, 2.24) is 14.5 Å². The van der Waals surface area contributed by atoms with Crippen molar-refractivity contribution in [3.8, 4) is 5.69 Å². The highest BCUT2D eigenvalue weighted by atomic mass is 32.2. The van der Waals surface area contributed by atoms with Crippen LogP contribution in [-0.4, -0.2) is 33.4 Å². The van der Waals surface area contributed by atoms with Gasteiger partial charge in [0.2, 0.25) is 0 Å². The Labute approximate surface area is 201 Å². The highest BCUT2D eigenvalue weighted by Gasteiger charge is 2.20. The van der Waals surface area contributed by atoms with Gasteiger partial charge in [0.05, 0.1) is 16.6 Å². The van der Waals surface area contributed by atoms with Crippen LogP contribution in [-0.2, 0) is 5.75 Å². The molecule has 2 heterocycles. The lowest BCUT2D eigenvalue weighted by Crippen LogP contribution is -2.35. The van der Waals surface area contributed by atoms with Gasteiger partial charge in [-0.2, -0.15) is 0 Å².